The molecule has 2 N–H and O–H groups in total. The third kappa shape index (κ3) is 27.4. The average molecular weight is 654 g/mol. The third-order valence-electron chi connectivity index (χ3n) is 9.06. The van der Waals surface area contributed by atoms with E-state index in [2.05, 4.69) is 38.2 Å². The van der Waals surface area contributed by atoms with Crippen LogP contribution in [0.5, 0.6) is 11.5 Å². The molecule has 270 valence electrons. The number of amides is 1. The second-order valence-corrected chi connectivity index (χ2v) is 13.6. The predicted molar refractivity (Wildman–Crippen MR) is 205 cm³/mol. The lowest BCUT2D eigenvalue weighted by atomic mass is 10.1. The molecule has 0 unspecified atom stereocenters. The van der Waals surface area contributed by atoms with Crippen molar-refractivity contribution in [2.75, 3.05) is 13.2 Å². The topological polar surface area (TPSA) is 61.5 Å². The smallest absolute Gasteiger partial charge is 0.248 e. The number of ether oxygens (including phenoxy) is 2. The van der Waals surface area contributed by atoms with E-state index >= 15 is 0 Å². The number of unbranched alkanes of at least 4 members (excludes halogenated alkanes) is 24. The summed E-state index contributed by atoms with van der Waals surface area (Å²) in [5, 5.41) is 0. The van der Waals surface area contributed by atoms with E-state index in [0.29, 0.717) is 30.3 Å². The van der Waals surface area contributed by atoms with E-state index in [-0.39, 0.29) is 0 Å². The first-order chi connectivity index (χ1) is 23.2. The SMILES string of the molecule is CCCCCCCCC=CCCCCCCCCOc1ccc(C(N)=O)cc1OCCCCCCCCC=CCCCCCCCC. The molecule has 0 saturated heterocycles. The zero-order chi connectivity index (χ0) is 33.9. The number of allylic oxidation sites excluding steroid dienone is 4. The van der Waals surface area contributed by atoms with Gasteiger partial charge in [0.2, 0.25) is 5.91 Å². The van der Waals surface area contributed by atoms with E-state index in [1.54, 1.807) is 12.1 Å². The Morgan fingerprint density at radius 3 is 1.21 bits per heavy atom. The summed E-state index contributed by atoms with van der Waals surface area (Å²) in [6, 6.07) is 5.30. The molecule has 1 aromatic rings. The van der Waals surface area contributed by atoms with Crippen LogP contribution in [0.15, 0.2) is 42.5 Å². The van der Waals surface area contributed by atoms with Crippen LogP contribution in [0.1, 0.15) is 204 Å². The van der Waals surface area contributed by atoms with Crippen LogP contribution in [-0.4, -0.2) is 19.1 Å². The molecule has 0 heterocycles. The molecule has 0 aliphatic heterocycles. The summed E-state index contributed by atoms with van der Waals surface area (Å²) in [6.07, 6.45) is 45.7. The maximum Gasteiger partial charge on any atom is 0.248 e. The number of hydrogen-bond donors (Lipinski definition) is 1. The van der Waals surface area contributed by atoms with E-state index in [1.165, 1.54) is 161 Å². The molecule has 1 aromatic carbocycles. The molecule has 0 atom stereocenters. The lowest BCUT2D eigenvalue weighted by Gasteiger charge is -2.14. The van der Waals surface area contributed by atoms with Crippen LogP contribution in [0.2, 0.25) is 0 Å². The van der Waals surface area contributed by atoms with Gasteiger partial charge in [-0.15, -0.1) is 0 Å². The average Bonchev–Trinajstić information content (AvgIpc) is 3.07. The molecule has 1 amide bonds. The largest absolute Gasteiger partial charge is 0.490 e. The lowest BCUT2D eigenvalue weighted by Crippen LogP contribution is -2.11. The first-order valence-corrected chi connectivity index (χ1v) is 20.2. The Morgan fingerprint density at radius 1 is 0.489 bits per heavy atom. The zero-order valence-corrected chi connectivity index (χ0v) is 31.1. The van der Waals surface area contributed by atoms with Crippen molar-refractivity contribution in [2.24, 2.45) is 5.73 Å². The summed E-state index contributed by atoms with van der Waals surface area (Å²) in [6.45, 7) is 5.85. The minimum absolute atomic E-state index is 0.438. The maximum absolute atomic E-state index is 11.7. The van der Waals surface area contributed by atoms with Crippen molar-refractivity contribution in [1.82, 2.24) is 0 Å². The molecule has 0 bridgehead atoms. The van der Waals surface area contributed by atoms with Gasteiger partial charge in [-0.25, -0.2) is 0 Å². The fourth-order valence-corrected chi connectivity index (χ4v) is 5.96. The Morgan fingerprint density at radius 2 is 0.830 bits per heavy atom. The predicted octanol–water partition coefficient (Wildman–Crippen LogP) is 13.6. The fraction of sp³-hybridized carbons (Fsp3) is 0.744. The van der Waals surface area contributed by atoms with E-state index < -0.39 is 5.91 Å². The van der Waals surface area contributed by atoms with Crippen LogP contribution in [-0.2, 0) is 0 Å². The minimum atomic E-state index is -0.438. The summed E-state index contributed by atoms with van der Waals surface area (Å²) >= 11 is 0. The molecule has 0 aliphatic carbocycles. The van der Waals surface area contributed by atoms with Gasteiger partial charge in [0, 0.05) is 5.56 Å². The summed E-state index contributed by atoms with van der Waals surface area (Å²) in [7, 11) is 0. The van der Waals surface area contributed by atoms with Crippen molar-refractivity contribution >= 4 is 5.91 Å². The Labute approximate surface area is 291 Å². The Balaban J connectivity index is 2.08. The fourth-order valence-electron chi connectivity index (χ4n) is 5.96. The van der Waals surface area contributed by atoms with Gasteiger partial charge in [0.25, 0.3) is 0 Å². The van der Waals surface area contributed by atoms with Crippen LogP contribution in [0.3, 0.4) is 0 Å². The van der Waals surface area contributed by atoms with Gasteiger partial charge in [0.05, 0.1) is 13.2 Å². The van der Waals surface area contributed by atoms with E-state index in [9.17, 15) is 4.79 Å². The number of carbonyl (C=O) groups is 1. The number of hydrogen-bond acceptors (Lipinski definition) is 3. The van der Waals surface area contributed by atoms with Crippen molar-refractivity contribution in [3.05, 3.63) is 48.1 Å². The Bertz CT molecular complexity index is 893. The summed E-state index contributed by atoms with van der Waals surface area (Å²) in [5.41, 5.74) is 5.99. The minimum Gasteiger partial charge on any atom is -0.490 e. The lowest BCUT2D eigenvalue weighted by molar-refractivity contribution is 0.0999. The van der Waals surface area contributed by atoms with Gasteiger partial charge in [-0.1, -0.05) is 154 Å². The highest BCUT2D eigenvalue weighted by atomic mass is 16.5. The molecule has 0 saturated carbocycles. The van der Waals surface area contributed by atoms with Crippen LogP contribution >= 0.6 is 0 Å². The molecular weight excluding hydrogens is 578 g/mol. The standard InChI is InChI=1S/C43H75NO3/c1-3-5-7-9-11-13-15-17-19-21-23-25-27-29-31-33-37-46-41-36-35-40(43(44)45)39-42(41)47-38-34-32-30-28-26-24-22-20-18-16-14-12-10-8-6-4-2/h17-20,35-36,39H,3-16,21-34,37-38H2,1-2H3,(H2,44,45). The first kappa shape index (κ1) is 42.8. The molecule has 0 fully saturated rings. The number of benzene rings is 1. The molecule has 1 rings (SSSR count). The van der Waals surface area contributed by atoms with Crippen molar-refractivity contribution in [3.63, 3.8) is 0 Å². The number of carbonyl (C=O) groups excluding carboxylic acids is 1. The number of rotatable bonds is 35. The monoisotopic (exact) mass is 654 g/mol. The quantitative estimate of drug-likeness (QED) is 0.0586. The summed E-state index contributed by atoms with van der Waals surface area (Å²) in [4.78, 5) is 11.7. The van der Waals surface area contributed by atoms with Crippen LogP contribution in [0, 0.1) is 0 Å². The Hall–Kier alpha value is -2.23. The van der Waals surface area contributed by atoms with Gasteiger partial charge >= 0.3 is 0 Å². The van der Waals surface area contributed by atoms with Gasteiger partial charge in [0.1, 0.15) is 0 Å². The van der Waals surface area contributed by atoms with Crippen molar-refractivity contribution < 1.29 is 14.3 Å². The van der Waals surface area contributed by atoms with Gasteiger partial charge in [-0.3, -0.25) is 4.79 Å². The number of primary amides is 1. The van der Waals surface area contributed by atoms with E-state index in [1.807, 2.05) is 6.07 Å². The first-order valence-electron chi connectivity index (χ1n) is 20.2. The highest BCUT2D eigenvalue weighted by Gasteiger charge is 2.10. The van der Waals surface area contributed by atoms with Gasteiger partial charge < -0.3 is 15.2 Å². The van der Waals surface area contributed by atoms with Crippen molar-refractivity contribution in [2.45, 2.75) is 194 Å². The highest BCUT2D eigenvalue weighted by Crippen LogP contribution is 2.29. The van der Waals surface area contributed by atoms with Gasteiger partial charge in [-0.2, -0.15) is 0 Å². The normalized spacial score (nSPS) is 11.6. The highest BCUT2D eigenvalue weighted by molar-refractivity contribution is 5.93. The van der Waals surface area contributed by atoms with E-state index in [0.717, 1.165) is 19.3 Å². The van der Waals surface area contributed by atoms with Gasteiger partial charge in [0.15, 0.2) is 11.5 Å². The summed E-state index contributed by atoms with van der Waals surface area (Å²) < 4.78 is 12.2. The molecule has 4 heteroatoms. The van der Waals surface area contributed by atoms with Crippen LogP contribution in [0.25, 0.3) is 0 Å². The zero-order valence-electron chi connectivity index (χ0n) is 31.1. The molecule has 0 aromatic heterocycles. The second-order valence-electron chi connectivity index (χ2n) is 13.6. The van der Waals surface area contributed by atoms with Crippen LogP contribution in [0.4, 0.5) is 0 Å². The van der Waals surface area contributed by atoms with E-state index in [4.69, 9.17) is 15.2 Å². The second kappa shape index (κ2) is 33.7. The number of nitrogens with two attached hydrogens (primary N) is 1. The summed E-state index contributed by atoms with van der Waals surface area (Å²) in [5.74, 6) is 0.915. The molecule has 0 radical (unpaired) electrons. The third-order valence-corrected chi connectivity index (χ3v) is 9.06. The van der Waals surface area contributed by atoms with Gasteiger partial charge in [-0.05, 0) is 82.4 Å². The molecule has 0 spiro atoms. The van der Waals surface area contributed by atoms with Crippen molar-refractivity contribution in [1.29, 1.82) is 0 Å². The molecular formula is C43H75NO3. The molecule has 47 heavy (non-hydrogen) atoms. The maximum atomic E-state index is 11.7. The van der Waals surface area contributed by atoms with Crippen LogP contribution < -0.4 is 15.2 Å². The van der Waals surface area contributed by atoms with Crippen molar-refractivity contribution in [3.8, 4) is 11.5 Å². The molecule has 0 aliphatic rings. The molecule has 4 nitrogen and oxygen atoms in total. The Kier molecular flexibility index (Phi) is 30.6.